The van der Waals surface area contributed by atoms with Crippen LogP contribution in [0.3, 0.4) is 0 Å². The molecule has 0 bridgehead atoms. The molecule has 0 amide bonds. The van der Waals surface area contributed by atoms with Crippen LogP contribution in [0.15, 0.2) is 36.4 Å². The summed E-state index contributed by atoms with van der Waals surface area (Å²) in [6.07, 6.45) is 0. The van der Waals surface area contributed by atoms with E-state index in [4.69, 9.17) is 34.8 Å². The van der Waals surface area contributed by atoms with E-state index in [0.717, 1.165) is 5.56 Å². The zero-order chi connectivity index (χ0) is 14.7. The first kappa shape index (κ1) is 15.6. The lowest BCUT2D eigenvalue weighted by atomic mass is 10.1. The van der Waals surface area contributed by atoms with Gasteiger partial charge in [0.1, 0.15) is 5.82 Å². The minimum absolute atomic E-state index is 0.0276. The second kappa shape index (κ2) is 6.77. The molecule has 0 aliphatic heterocycles. The Balaban J connectivity index is 2.04. The molecule has 0 radical (unpaired) electrons. The summed E-state index contributed by atoms with van der Waals surface area (Å²) in [5.74, 6) is -0.314. The van der Waals surface area contributed by atoms with Crippen molar-refractivity contribution in [2.45, 2.75) is 19.5 Å². The molecule has 0 heterocycles. The third-order valence-electron chi connectivity index (χ3n) is 3.06. The predicted molar refractivity (Wildman–Crippen MR) is 83.1 cm³/mol. The standard InChI is InChI=1S/C15H13Cl3FN/c1-9(10-3-5-13(17)14(18)6-10)20-8-11-2-4-12(16)7-15(11)19/h2-7,9,20H,8H2,1H3. The largest absolute Gasteiger partial charge is 0.306 e. The second-order valence-corrected chi connectivity index (χ2v) is 5.76. The van der Waals surface area contributed by atoms with E-state index in [1.54, 1.807) is 24.3 Å². The molecule has 0 saturated heterocycles. The highest BCUT2D eigenvalue weighted by molar-refractivity contribution is 6.42. The van der Waals surface area contributed by atoms with E-state index in [-0.39, 0.29) is 11.9 Å². The van der Waals surface area contributed by atoms with Gasteiger partial charge in [0.15, 0.2) is 0 Å². The van der Waals surface area contributed by atoms with Gasteiger partial charge >= 0.3 is 0 Å². The van der Waals surface area contributed by atoms with Crippen LogP contribution in [0.25, 0.3) is 0 Å². The van der Waals surface area contributed by atoms with Gasteiger partial charge in [0, 0.05) is 23.2 Å². The summed E-state index contributed by atoms with van der Waals surface area (Å²) in [7, 11) is 0. The van der Waals surface area contributed by atoms with Gasteiger partial charge in [-0.05, 0) is 36.8 Å². The summed E-state index contributed by atoms with van der Waals surface area (Å²) >= 11 is 17.6. The summed E-state index contributed by atoms with van der Waals surface area (Å²) in [6.45, 7) is 2.39. The molecule has 2 aromatic rings. The van der Waals surface area contributed by atoms with Crippen LogP contribution in [0, 0.1) is 5.82 Å². The maximum atomic E-state index is 13.7. The lowest BCUT2D eigenvalue weighted by molar-refractivity contribution is 0.544. The van der Waals surface area contributed by atoms with Crippen LogP contribution >= 0.6 is 34.8 Å². The molecule has 106 valence electrons. The Morgan fingerprint density at radius 1 is 1.05 bits per heavy atom. The monoisotopic (exact) mass is 331 g/mol. The van der Waals surface area contributed by atoms with Crippen LogP contribution in [0.4, 0.5) is 4.39 Å². The number of hydrogen-bond donors (Lipinski definition) is 1. The van der Waals surface area contributed by atoms with Crippen molar-refractivity contribution in [2.24, 2.45) is 0 Å². The molecule has 2 rings (SSSR count). The SMILES string of the molecule is CC(NCc1ccc(Cl)cc1F)c1ccc(Cl)c(Cl)c1. The molecular formula is C15H13Cl3FN. The fourth-order valence-corrected chi connectivity index (χ4v) is 2.29. The maximum Gasteiger partial charge on any atom is 0.129 e. The normalized spacial score (nSPS) is 12.4. The zero-order valence-corrected chi connectivity index (χ0v) is 13.0. The predicted octanol–water partition coefficient (Wildman–Crippen LogP) is 5.64. The van der Waals surface area contributed by atoms with Crippen molar-refractivity contribution < 1.29 is 4.39 Å². The molecule has 1 unspecified atom stereocenters. The number of benzene rings is 2. The lowest BCUT2D eigenvalue weighted by Gasteiger charge is -2.15. The molecule has 1 atom stereocenters. The molecular weight excluding hydrogens is 320 g/mol. The van der Waals surface area contributed by atoms with Crippen LogP contribution in [-0.4, -0.2) is 0 Å². The van der Waals surface area contributed by atoms with Gasteiger partial charge in [0.2, 0.25) is 0 Å². The number of rotatable bonds is 4. The Labute approximate surface area is 132 Å². The Bertz CT molecular complexity index is 616. The van der Waals surface area contributed by atoms with E-state index in [9.17, 15) is 4.39 Å². The van der Waals surface area contributed by atoms with Crippen LogP contribution in [0.2, 0.25) is 15.1 Å². The Morgan fingerprint density at radius 3 is 2.45 bits per heavy atom. The molecule has 0 aliphatic rings. The number of halogens is 4. The van der Waals surface area contributed by atoms with Crippen molar-refractivity contribution in [3.63, 3.8) is 0 Å². The van der Waals surface area contributed by atoms with E-state index in [1.807, 2.05) is 13.0 Å². The molecule has 20 heavy (non-hydrogen) atoms. The molecule has 0 aliphatic carbocycles. The molecule has 1 N–H and O–H groups in total. The summed E-state index contributed by atoms with van der Waals surface area (Å²) in [5, 5.41) is 4.66. The topological polar surface area (TPSA) is 12.0 Å². The molecule has 0 saturated carbocycles. The van der Waals surface area contributed by atoms with E-state index in [2.05, 4.69) is 5.32 Å². The third kappa shape index (κ3) is 3.86. The minimum Gasteiger partial charge on any atom is -0.306 e. The summed E-state index contributed by atoms with van der Waals surface area (Å²) in [5.41, 5.74) is 1.56. The van der Waals surface area contributed by atoms with Gasteiger partial charge in [0.05, 0.1) is 10.0 Å². The summed E-state index contributed by atoms with van der Waals surface area (Å²) in [4.78, 5) is 0. The lowest BCUT2D eigenvalue weighted by Crippen LogP contribution is -2.18. The molecule has 0 aromatic heterocycles. The van der Waals surface area contributed by atoms with Crippen LogP contribution in [0.1, 0.15) is 24.1 Å². The van der Waals surface area contributed by atoms with Gasteiger partial charge in [-0.25, -0.2) is 4.39 Å². The van der Waals surface area contributed by atoms with Crippen molar-refractivity contribution in [2.75, 3.05) is 0 Å². The van der Waals surface area contributed by atoms with Gasteiger partial charge in [0.25, 0.3) is 0 Å². The van der Waals surface area contributed by atoms with Crippen LogP contribution in [0.5, 0.6) is 0 Å². The average Bonchev–Trinajstić information content (AvgIpc) is 2.40. The zero-order valence-electron chi connectivity index (χ0n) is 10.8. The van der Waals surface area contributed by atoms with Gasteiger partial charge in [-0.3, -0.25) is 0 Å². The minimum atomic E-state index is -0.314. The highest BCUT2D eigenvalue weighted by Crippen LogP contribution is 2.25. The first-order valence-electron chi connectivity index (χ1n) is 6.09. The molecule has 0 fully saturated rings. The van der Waals surface area contributed by atoms with Crippen molar-refractivity contribution in [3.05, 3.63) is 68.4 Å². The summed E-state index contributed by atoms with van der Waals surface area (Å²) < 4.78 is 13.7. The Hall–Kier alpha value is -0.800. The fraction of sp³-hybridized carbons (Fsp3) is 0.200. The van der Waals surface area contributed by atoms with Crippen LogP contribution < -0.4 is 5.32 Å². The first-order chi connectivity index (χ1) is 9.47. The first-order valence-corrected chi connectivity index (χ1v) is 7.23. The van der Waals surface area contributed by atoms with Crippen LogP contribution in [-0.2, 0) is 6.54 Å². The molecule has 2 aromatic carbocycles. The Morgan fingerprint density at radius 2 is 1.80 bits per heavy atom. The van der Waals surface area contributed by atoms with Gasteiger partial charge in [-0.15, -0.1) is 0 Å². The van der Waals surface area contributed by atoms with E-state index in [0.29, 0.717) is 27.2 Å². The number of hydrogen-bond acceptors (Lipinski definition) is 1. The fourth-order valence-electron chi connectivity index (χ4n) is 1.83. The molecule has 1 nitrogen and oxygen atoms in total. The quantitative estimate of drug-likeness (QED) is 0.764. The van der Waals surface area contributed by atoms with Gasteiger partial charge in [-0.2, -0.15) is 0 Å². The highest BCUT2D eigenvalue weighted by atomic mass is 35.5. The Kier molecular flexibility index (Phi) is 5.28. The summed E-state index contributed by atoms with van der Waals surface area (Å²) in [6, 6.07) is 10.1. The number of nitrogens with one attached hydrogen (secondary N) is 1. The van der Waals surface area contributed by atoms with E-state index >= 15 is 0 Å². The van der Waals surface area contributed by atoms with Crippen molar-refractivity contribution in [1.29, 1.82) is 0 Å². The highest BCUT2D eigenvalue weighted by Gasteiger charge is 2.09. The second-order valence-electron chi connectivity index (χ2n) is 4.51. The average molecular weight is 333 g/mol. The molecule has 5 heteroatoms. The van der Waals surface area contributed by atoms with Gasteiger partial charge < -0.3 is 5.32 Å². The van der Waals surface area contributed by atoms with Gasteiger partial charge in [-0.1, -0.05) is 46.9 Å². The third-order valence-corrected chi connectivity index (χ3v) is 4.03. The van der Waals surface area contributed by atoms with E-state index in [1.165, 1.54) is 6.07 Å². The van der Waals surface area contributed by atoms with Crippen molar-refractivity contribution >= 4 is 34.8 Å². The smallest absolute Gasteiger partial charge is 0.129 e. The van der Waals surface area contributed by atoms with Crippen molar-refractivity contribution in [1.82, 2.24) is 5.32 Å². The van der Waals surface area contributed by atoms with E-state index < -0.39 is 0 Å². The molecule has 0 spiro atoms. The maximum absolute atomic E-state index is 13.7. The van der Waals surface area contributed by atoms with Crippen molar-refractivity contribution in [3.8, 4) is 0 Å².